The molecule has 1 N–H and O–H groups in total. The van der Waals surface area contributed by atoms with E-state index in [0.717, 1.165) is 23.3 Å². The van der Waals surface area contributed by atoms with E-state index in [1.165, 1.54) is 7.11 Å². The van der Waals surface area contributed by atoms with Crippen LogP contribution in [0.5, 0.6) is 5.75 Å². The van der Waals surface area contributed by atoms with E-state index in [4.69, 9.17) is 9.47 Å². The number of rotatable bonds is 7. The third-order valence-corrected chi connectivity index (χ3v) is 5.81. The third kappa shape index (κ3) is 5.87. The Hall–Kier alpha value is -3.35. The summed E-state index contributed by atoms with van der Waals surface area (Å²) in [5.74, 6) is -0.171. The van der Waals surface area contributed by atoms with E-state index >= 15 is 0 Å². The molecule has 32 heavy (non-hydrogen) atoms. The Morgan fingerprint density at radius 1 is 1.12 bits per heavy atom. The molecule has 0 saturated carbocycles. The van der Waals surface area contributed by atoms with E-state index in [9.17, 15) is 14.4 Å². The van der Waals surface area contributed by atoms with Gasteiger partial charge in [-0.15, -0.1) is 0 Å². The van der Waals surface area contributed by atoms with Gasteiger partial charge in [0, 0.05) is 18.8 Å². The van der Waals surface area contributed by atoms with Crippen LogP contribution in [0.2, 0.25) is 0 Å². The molecule has 0 aliphatic carbocycles. The first-order valence-electron chi connectivity index (χ1n) is 10.8. The lowest BCUT2D eigenvalue weighted by Gasteiger charge is -2.32. The first-order chi connectivity index (χ1) is 15.4. The summed E-state index contributed by atoms with van der Waals surface area (Å²) in [7, 11) is 1.33. The Morgan fingerprint density at radius 3 is 2.59 bits per heavy atom. The maximum atomic E-state index is 12.9. The summed E-state index contributed by atoms with van der Waals surface area (Å²) in [4.78, 5) is 39.3. The first-order valence-corrected chi connectivity index (χ1v) is 10.8. The maximum absolute atomic E-state index is 12.9. The number of carbonyl (C=O) groups is 3. The number of hydrogen-bond acceptors (Lipinski definition) is 5. The Labute approximate surface area is 188 Å². The monoisotopic (exact) mass is 438 g/mol. The summed E-state index contributed by atoms with van der Waals surface area (Å²) in [6.45, 7) is 5.05. The number of carbonyl (C=O) groups excluding carboxylic acids is 3. The average molecular weight is 439 g/mol. The number of esters is 1. The van der Waals surface area contributed by atoms with E-state index in [1.807, 2.05) is 50.2 Å². The predicted octanol–water partition coefficient (Wildman–Crippen LogP) is 3.74. The van der Waals surface area contributed by atoms with E-state index < -0.39 is 5.97 Å². The molecular formula is C25H30N2O5. The van der Waals surface area contributed by atoms with Gasteiger partial charge < -0.3 is 19.7 Å². The smallest absolute Gasteiger partial charge is 0.338 e. The van der Waals surface area contributed by atoms with Crippen LogP contribution in [-0.2, 0) is 14.3 Å². The number of nitrogens with zero attached hydrogens (tertiary/aromatic N) is 1. The van der Waals surface area contributed by atoms with Crippen molar-refractivity contribution in [3.05, 3.63) is 59.2 Å². The summed E-state index contributed by atoms with van der Waals surface area (Å²) in [5, 5.41) is 2.91. The molecule has 1 saturated heterocycles. The predicted molar refractivity (Wildman–Crippen MR) is 122 cm³/mol. The van der Waals surface area contributed by atoms with Crippen LogP contribution in [0.3, 0.4) is 0 Å². The molecule has 1 aliphatic heterocycles. The molecule has 2 aromatic rings. The van der Waals surface area contributed by atoms with Crippen LogP contribution >= 0.6 is 0 Å². The fraction of sp³-hybridized carbons (Fsp3) is 0.400. The molecule has 0 aromatic heterocycles. The van der Waals surface area contributed by atoms with Crippen LogP contribution in [0.15, 0.2) is 42.5 Å². The molecule has 7 nitrogen and oxygen atoms in total. The van der Waals surface area contributed by atoms with Crippen LogP contribution in [0.1, 0.15) is 40.7 Å². The normalized spacial score (nSPS) is 15.7. The van der Waals surface area contributed by atoms with Gasteiger partial charge in [-0.05, 0) is 62.1 Å². The zero-order chi connectivity index (χ0) is 23.1. The van der Waals surface area contributed by atoms with E-state index in [-0.39, 0.29) is 24.2 Å². The third-order valence-electron chi connectivity index (χ3n) is 5.81. The molecular weight excluding hydrogens is 408 g/mol. The van der Waals surface area contributed by atoms with Gasteiger partial charge in [0.1, 0.15) is 5.75 Å². The van der Waals surface area contributed by atoms with E-state index in [1.54, 1.807) is 11.0 Å². The van der Waals surface area contributed by atoms with Gasteiger partial charge in [-0.3, -0.25) is 9.59 Å². The van der Waals surface area contributed by atoms with Crippen LogP contribution in [-0.4, -0.2) is 49.5 Å². The second-order valence-electron chi connectivity index (χ2n) is 8.04. The minimum Gasteiger partial charge on any atom is -0.493 e. The largest absolute Gasteiger partial charge is 0.493 e. The highest BCUT2D eigenvalue weighted by Gasteiger charge is 2.28. The summed E-state index contributed by atoms with van der Waals surface area (Å²) in [6.07, 6.45) is 1.75. The molecule has 2 aromatic carbocycles. The van der Waals surface area contributed by atoms with Crippen molar-refractivity contribution in [2.24, 2.45) is 5.92 Å². The molecule has 1 heterocycles. The molecule has 0 radical (unpaired) electrons. The fourth-order valence-electron chi connectivity index (χ4n) is 3.85. The van der Waals surface area contributed by atoms with Crippen molar-refractivity contribution in [2.75, 3.05) is 32.1 Å². The summed E-state index contributed by atoms with van der Waals surface area (Å²) in [5.41, 5.74) is 2.70. The maximum Gasteiger partial charge on any atom is 0.338 e. The number of nitrogens with one attached hydrogen (secondary N) is 1. The van der Waals surface area contributed by atoms with E-state index in [2.05, 4.69) is 5.32 Å². The number of hydrogen-bond donors (Lipinski definition) is 1. The highest BCUT2D eigenvalue weighted by atomic mass is 16.5. The number of amides is 2. The lowest BCUT2D eigenvalue weighted by molar-refractivity contribution is -0.135. The molecule has 1 unspecified atom stereocenters. The number of methoxy groups -OCH3 is 1. The summed E-state index contributed by atoms with van der Waals surface area (Å²) in [6, 6.07) is 12.9. The molecule has 170 valence electrons. The average Bonchev–Trinajstić information content (AvgIpc) is 2.81. The number of aryl methyl sites for hydroxylation is 1. The standard InChI is InChI=1S/C25H30N2O5/c1-17-14-20(15-22(18(17)2)25(30)31-3)26-24(29)19-8-7-12-27(16-19)23(28)11-13-32-21-9-5-4-6-10-21/h4-6,9-10,14-15,19H,7-8,11-13,16H2,1-3H3,(H,26,29). The van der Waals surface area contributed by atoms with Crippen molar-refractivity contribution in [3.8, 4) is 5.75 Å². The minimum absolute atomic E-state index is 0.0161. The molecule has 0 bridgehead atoms. The van der Waals surface area contributed by atoms with Crippen LogP contribution in [0, 0.1) is 19.8 Å². The van der Waals surface area contributed by atoms with Crippen molar-refractivity contribution in [1.29, 1.82) is 0 Å². The van der Waals surface area contributed by atoms with Crippen molar-refractivity contribution in [3.63, 3.8) is 0 Å². The van der Waals surface area contributed by atoms with Crippen molar-refractivity contribution < 1.29 is 23.9 Å². The molecule has 2 amide bonds. The molecule has 1 fully saturated rings. The van der Waals surface area contributed by atoms with Gasteiger partial charge in [-0.2, -0.15) is 0 Å². The highest BCUT2D eigenvalue weighted by Crippen LogP contribution is 2.23. The Morgan fingerprint density at radius 2 is 1.88 bits per heavy atom. The summed E-state index contributed by atoms with van der Waals surface area (Å²) < 4.78 is 10.5. The molecule has 7 heteroatoms. The zero-order valence-electron chi connectivity index (χ0n) is 18.8. The van der Waals surface area contributed by atoms with Crippen LogP contribution < -0.4 is 10.1 Å². The summed E-state index contributed by atoms with van der Waals surface area (Å²) >= 11 is 0. The van der Waals surface area contributed by atoms with Gasteiger partial charge >= 0.3 is 5.97 Å². The van der Waals surface area contributed by atoms with Gasteiger partial charge in [0.15, 0.2) is 0 Å². The number of piperidine rings is 1. The molecule has 1 atom stereocenters. The number of anilines is 1. The number of likely N-dealkylation sites (tertiary alicyclic amines) is 1. The van der Waals surface area contributed by atoms with Crippen molar-refractivity contribution >= 4 is 23.5 Å². The van der Waals surface area contributed by atoms with Gasteiger partial charge in [0.05, 0.1) is 31.6 Å². The van der Waals surface area contributed by atoms with Crippen LogP contribution in [0.25, 0.3) is 0 Å². The number of benzene rings is 2. The fourth-order valence-corrected chi connectivity index (χ4v) is 3.85. The van der Waals surface area contributed by atoms with Gasteiger partial charge in [-0.25, -0.2) is 4.79 Å². The SMILES string of the molecule is COC(=O)c1cc(NC(=O)C2CCCN(C(=O)CCOc3ccccc3)C2)cc(C)c1C. The van der Waals surface area contributed by atoms with E-state index in [0.29, 0.717) is 37.4 Å². The molecule has 0 spiro atoms. The second-order valence-corrected chi connectivity index (χ2v) is 8.04. The zero-order valence-corrected chi connectivity index (χ0v) is 18.8. The quantitative estimate of drug-likeness (QED) is 0.666. The second kappa shape index (κ2) is 10.8. The van der Waals surface area contributed by atoms with Crippen LogP contribution in [0.4, 0.5) is 5.69 Å². The Kier molecular flexibility index (Phi) is 7.87. The first kappa shape index (κ1) is 23.3. The molecule has 1 aliphatic rings. The molecule has 3 rings (SSSR count). The van der Waals surface area contributed by atoms with Crippen molar-refractivity contribution in [1.82, 2.24) is 4.90 Å². The Balaban J connectivity index is 1.56. The van der Waals surface area contributed by atoms with Crippen molar-refractivity contribution in [2.45, 2.75) is 33.1 Å². The lowest BCUT2D eigenvalue weighted by atomic mass is 9.96. The van der Waals surface area contributed by atoms with Gasteiger partial charge in [0.2, 0.25) is 11.8 Å². The lowest BCUT2D eigenvalue weighted by Crippen LogP contribution is -2.44. The van der Waals surface area contributed by atoms with Gasteiger partial charge in [-0.1, -0.05) is 18.2 Å². The van der Waals surface area contributed by atoms with Gasteiger partial charge in [0.25, 0.3) is 0 Å². The number of para-hydroxylation sites is 1. The highest BCUT2D eigenvalue weighted by molar-refractivity contribution is 5.97. The Bertz CT molecular complexity index is 974. The topological polar surface area (TPSA) is 84.9 Å². The minimum atomic E-state index is -0.436. The number of ether oxygens (including phenoxy) is 2.